The average molecular weight is 614 g/mol. The SMILES string of the molecule is C=CC(=O)N1C[C@H](C)N(C2=NC3OC(C)c4cccc5c4N3c3nc(c(F)cc32)-c2c(F)cccc2NC(=O)CCN5)C[C@H]1C. The zero-order valence-corrected chi connectivity index (χ0v) is 25.2. The predicted molar refractivity (Wildman–Crippen MR) is 167 cm³/mol. The van der Waals surface area contributed by atoms with E-state index in [0.717, 1.165) is 16.9 Å². The van der Waals surface area contributed by atoms with Crippen LogP contribution < -0.4 is 15.5 Å². The monoisotopic (exact) mass is 613 g/mol. The summed E-state index contributed by atoms with van der Waals surface area (Å²) in [5.74, 6) is -1.18. The van der Waals surface area contributed by atoms with E-state index in [0.29, 0.717) is 36.9 Å². The molecule has 45 heavy (non-hydrogen) atoms. The maximum atomic E-state index is 16.3. The van der Waals surface area contributed by atoms with Gasteiger partial charge in [-0.2, -0.15) is 0 Å². The van der Waals surface area contributed by atoms with Gasteiger partial charge in [0, 0.05) is 43.7 Å². The molecule has 1 fully saturated rings. The predicted octanol–water partition coefficient (Wildman–Crippen LogP) is 5.16. The Morgan fingerprint density at radius 2 is 1.84 bits per heavy atom. The van der Waals surface area contributed by atoms with Crippen molar-refractivity contribution in [1.29, 1.82) is 0 Å². The number of amidine groups is 1. The molecule has 5 heterocycles. The van der Waals surface area contributed by atoms with Gasteiger partial charge < -0.3 is 25.2 Å². The summed E-state index contributed by atoms with van der Waals surface area (Å²) in [6.45, 7) is 10.6. The summed E-state index contributed by atoms with van der Waals surface area (Å²) in [6, 6.07) is 10.9. The van der Waals surface area contributed by atoms with Gasteiger partial charge in [0.25, 0.3) is 0 Å². The van der Waals surface area contributed by atoms with Gasteiger partial charge in [-0.15, -0.1) is 0 Å². The zero-order valence-electron chi connectivity index (χ0n) is 25.2. The standard InChI is InChI=1S/C33H33F2N7O3/c1-5-27(44)40-15-18(3)41(16-17(40)2)31-21-14-23(35)29-28-22(34)9-7-10-24(28)37-26(43)12-13-36-25-11-6-8-20-19(4)45-33(39-31)42(30(20)25)32(21)38-29/h5-11,14,17-19,33,36H,1,12-13,15-16H2,2-4H3,(H,37,43)/t17-,18+,19?,33?/m1/s1. The highest BCUT2D eigenvalue weighted by molar-refractivity contribution is 6.07. The molecule has 232 valence electrons. The summed E-state index contributed by atoms with van der Waals surface area (Å²) >= 11 is 0. The molecule has 4 aliphatic heterocycles. The fourth-order valence-corrected chi connectivity index (χ4v) is 6.67. The third-order valence-corrected chi connectivity index (χ3v) is 8.86. The Kier molecular flexibility index (Phi) is 7.03. The van der Waals surface area contributed by atoms with Crippen molar-refractivity contribution in [2.45, 2.75) is 51.7 Å². The van der Waals surface area contributed by atoms with Crippen molar-refractivity contribution in [3.8, 4) is 11.3 Å². The van der Waals surface area contributed by atoms with Crippen molar-refractivity contribution in [3.05, 3.63) is 77.9 Å². The van der Waals surface area contributed by atoms with Gasteiger partial charge in [0.05, 0.1) is 34.3 Å². The molecular weight excluding hydrogens is 580 g/mol. The second kappa shape index (κ2) is 11.0. The van der Waals surface area contributed by atoms with E-state index in [-0.39, 0.29) is 53.4 Å². The number of amides is 2. The minimum Gasteiger partial charge on any atom is -0.383 e. The van der Waals surface area contributed by atoms with Gasteiger partial charge in [-0.25, -0.2) is 18.8 Å². The molecule has 2 aromatic carbocycles. The molecule has 0 aliphatic carbocycles. The van der Waals surface area contributed by atoms with Crippen LogP contribution in [0.4, 0.5) is 31.7 Å². The second-order valence-corrected chi connectivity index (χ2v) is 11.8. The van der Waals surface area contributed by atoms with Crippen LogP contribution in [0.15, 0.2) is 60.1 Å². The van der Waals surface area contributed by atoms with Gasteiger partial charge in [0.1, 0.15) is 23.2 Å². The number of halogens is 2. The molecule has 4 aliphatic rings. The third-order valence-electron chi connectivity index (χ3n) is 8.86. The Labute approximate surface area is 259 Å². The van der Waals surface area contributed by atoms with Crippen molar-refractivity contribution in [3.63, 3.8) is 0 Å². The smallest absolute Gasteiger partial charge is 0.246 e. The molecule has 1 aromatic heterocycles. The fourth-order valence-electron chi connectivity index (χ4n) is 6.67. The lowest BCUT2D eigenvalue weighted by molar-refractivity contribution is -0.130. The number of carbonyl (C=O) groups is 2. The number of hydrogen-bond acceptors (Lipinski definition) is 8. The Morgan fingerprint density at radius 1 is 1.07 bits per heavy atom. The molecule has 2 N–H and O–H groups in total. The van der Waals surface area contributed by atoms with Crippen molar-refractivity contribution in [2.75, 3.05) is 35.2 Å². The molecule has 10 nitrogen and oxygen atoms in total. The minimum atomic E-state index is -0.871. The summed E-state index contributed by atoms with van der Waals surface area (Å²) in [5.41, 5.74) is 2.49. The summed E-state index contributed by atoms with van der Waals surface area (Å²) in [6.07, 6.45) is 0.170. The normalized spacial score (nSPS) is 23.8. The maximum absolute atomic E-state index is 16.3. The third kappa shape index (κ3) is 4.71. The van der Waals surface area contributed by atoms with Crippen molar-refractivity contribution >= 4 is 40.5 Å². The molecule has 4 atom stereocenters. The fraction of sp³-hybridized carbons (Fsp3) is 0.333. The number of pyridine rings is 1. The van der Waals surface area contributed by atoms with Crippen LogP contribution in [0.1, 0.15) is 44.4 Å². The first kappa shape index (κ1) is 28.9. The van der Waals surface area contributed by atoms with Crippen LogP contribution in [0.25, 0.3) is 11.3 Å². The van der Waals surface area contributed by atoms with Gasteiger partial charge in [-0.05, 0) is 51.1 Å². The number of carbonyl (C=O) groups excluding carboxylic acids is 2. The highest BCUT2D eigenvalue weighted by Crippen LogP contribution is 2.49. The molecule has 0 saturated carbocycles. The van der Waals surface area contributed by atoms with Gasteiger partial charge in [0.2, 0.25) is 18.2 Å². The lowest BCUT2D eigenvalue weighted by atomic mass is 9.99. The summed E-state index contributed by atoms with van der Waals surface area (Å²) in [5, 5.41) is 6.13. The first-order valence-corrected chi connectivity index (χ1v) is 15.0. The lowest BCUT2D eigenvalue weighted by Gasteiger charge is -2.48. The Morgan fingerprint density at radius 3 is 2.64 bits per heavy atom. The average Bonchev–Trinajstić information content (AvgIpc) is 3.02. The van der Waals surface area contributed by atoms with E-state index in [1.54, 1.807) is 4.90 Å². The van der Waals surface area contributed by atoms with E-state index in [4.69, 9.17) is 14.7 Å². The number of piperazine rings is 1. The van der Waals surface area contributed by atoms with Crippen LogP contribution >= 0.6 is 0 Å². The summed E-state index contributed by atoms with van der Waals surface area (Å²) in [4.78, 5) is 41.0. The van der Waals surface area contributed by atoms with Crippen LogP contribution in [0.2, 0.25) is 0 Å². The Hall–Kier alpha value is -4.84. The van der Waals surface area contributed by atoms with E-state index >= 15 is 8.78 Å². The molecule has 2 bridgehead atoms. The van der Waals surface area contributed by atoms with E-state index in [2.05, 4.69) is 17.2 Å². The second-order valence-electron chi connectivity index (χ2n) is 11.8. The number of fused-ring (bicyclic) bond motifs is 3. The number of nitrogens with zero attached hydrogens (tertiary/aromatic N) is 5. The number of ether oxygens (including phenoxy) is 1. The Bertz CT molecular complexity index is 1780. The number of aliphatic imine (C=N–C) groups is 1. The summed E-state index contributed by atoms with van der Waals surface area (Å²) in [7, 11) is 0. The molecule has 3 aromatic rings. The van der Waals surface area contributed by atoms with E-state index in [9.17, 15) is 9.59 Å². The van der Waals surface area contributed by atoms with E-state index in [1.807, 2.05) is 48.8 Å². The van der Waals surface area contributed by atoms with Gasteiger partial charge >= 0.3 is 0 Å². The Balaban J connectivity index is 1.47. The number of para-hydroxylation sites is 1. The first-order chi connectivity index (χ1) is 21.7. The molecule has 7 rings (SSSR count). The van der Waals surface area contributed by atoms with Crippen molar-refractivity contribution in [1.82, 2.24) is 14.8 Å². The molecule has 12 heteroatoms. The number of nitrogens with one attached hydrogen (secondary N) is 2. The highest BCUT2D eigenvalue weighted by Gasteiger charge is 2.43. The minimum absolute atomic E-state index is 0.0898. The van der Waals surface area contributed by atoms with Gasteiger partial charge in [0.15, 0.2) is 5.82 Å². The molecular formula is C33H33F2N7O3. The van der Waals surface area contributed by atoms with Crippen molar-refractivity contribution in [2.24, 2.45) is 4.99 Å². The quantitative estimate of drug-likeness (QED) is 0.366. The van der Waals surface area contributed by atoms with Crippen LogP contribution in [0.3, 0.4) is 0 Å². The zero-order chi connectivity index (χ0) is 31.6. The molecule has 2 amide bonds. The van der Waals surface area contributed by atoms with Crippen LogP contribution in [0.5, 0.6) is 0 Å². The molecule has 2 unspecified atom stereocenters. The number of hydrogen-bond donors (Lipinski definition) is 2. The van der Waals surface area contributed by atoms with E-state index < -0.39 is 18.0 Å². The highest BCUT2D eigenvalue weighted by atomic mass is 19.1. The number of aromatic nitrogens is 1. The lowest BCUT2D eigenvalue weighted by Crippen LogP contribution is -2.60. The number of rotatable bonds is 1. The van der Waals surface area contributed by atoms with Gasteiger partial charge in [-0.1, -0.05) is 24.8 Å². The first-order valence-electron chi connectivity index (χ1n) is 15.0. The molecule has 1 saturated heterocycles. The van der Waals surface area contributed by atoms with Gasteiger partial charge in [-0.3, -0.25) is 14.5 Å². The van der Waals surface area contributed by atoms with Crippen LogP contribution in [-0.2, 0) is 14.3 Å². The maximum Gasteiger partial charge on any atom is 0.246 e. The number of anilines is 4. The van der Waals surface area contributed by atoms with Crippen LogP contribution in [0, 0.1) is 11.6 Å². The van der Waals surface area contributed by atoms with Crippen molar-refractivity contribution < 1.29 is 23.1 Å². The summed E-state index contributed by atoms with van der Waals surface area (Å²) < 4.78 is 38.3. The van der Waals surface area contributed by atoms with E-state index in [1.165, 1.54) is 30.3 Å². The molecule has 0 radical (unpaired) electrons. The molecule has 0 spiro atoms. The number of benzene rings is 2. The topological polar surface area (TPSA) is 102 Å². The largest absolute Gasteiger partial charge is 0.383 e. The van der Waals surface area contributed by atoms with Crippen LogP contribution in [-0.4, -0.2) is 70.5 Å².